The normalized spacial score (nSPS) is 19.4. The van der Waals surface area contributed by atoms with Crippen molar-refractivity contribution in [3.05, 3.63) is 59.9 Å². The average Bonchev–Trinajstić information content (AvgIpc) is 3.24. The first-order chi connectivity index (χ1) is 14.1. The van der Waals surface area contributed by atoms with Crippen LogP contribution in [-0.2, 0) is 9.63 Å². The molecule has 2 aliphatic rings. The highest BCUT2D eigenvalue weighted by Gasteiger charge is 2.34. The maximum Gasteiger partial charge on any atom is 0.266 e. The molecule has 7 heteroatoms. The van der Waals surface area contributed by atoms with Crippen molar-refractivity contribution in [1.29, 1.82) is 0 Å². The number of nitrogens with one attached hydrogen (secondary N) is 1. The minimum Gasteiger partial charge on any atom is -0.495 e. The molecule has 152 valence electrons. The molecule has 0 radical (unpaired) electrons. The van der Waals surface area contributed by atoms with Crippen molar-refractivity contribution in [2.75, 3.05) is 25.5 Å². The molecular weight excluding hydrogens is 373 g/mol. The number of carbonyl (C=O) groups excluding carboxylic acids is 1. The van der Waals surface area contributed by atoms with Gasteiger partial charge in [0.05, 0.1) is 18.5 Å². The highest BCUT2D eigenvalue weighted by molar-refractivity contribution is 6.04. The van der Waals surface area contributed by atoms with E-state index in [1.807, 2.05) is 29.2 Å². The zero-order valence-corrected chi connectivity index (χ0v) is 16.3. The molecule has 2 aromatic rings. The Morgan fingerprint density at radius 3 is 2.76 bits per heavy atom. The molecule has 0 aliphatic carbocycles. The van der Waals surface area contributed by atoms with Crippen molar-refractivity contribution in [2.45, 2.75) is 31.4 Å². The number of oxime groups is 1. The Labute approximate surface area is 169 Å². The fourth-order valence-electron chi connectivity index (χ4n) is 3.78. The van der Waals surface area contributed by atoms with Crippen LogP contribution < -0.4 is 10.1 Å². The lowest BCUT2D eigenvalue weighted by Crippen LogP contribution is -2.46. The molecule has 0 bridgehead atoms. The highest BCUT2D eigenvalue weighted by Crippen LogP contribution is 2.27. The summed E-state index contributed by atoms with van der Waals surface area (Å²) >= 11 is 0. The second-order valence-corrected chi connectivity index (χ2v) is 7.29. The molecule has 4 rings (SSSR count). The lowest BCUT2D eigenvalue weighted by molar-refractivity contribution is -0.143. The summed E-state index contributed by atoms with van der Waals surface area (Å²) in [4.78, 5) is 20.0. The minimum atomic E-state index is -0.632. The summed E-state index contributed by atoms with van der Waals surface area (Å²) in [6, 6.07) is 14.3. The van der Waals surface area contributed by atoms with E-state index in [4.69, 9.17) is 9.57 Å². The number of benzene rings is 2. The molecule has 0 saturated carbocycles. The fraction of sp³-hybridized carbons (Fsp3) is 0.364. The Balaban J connectivity index is 1.30. The molecule has 2 aromatic carbocycles. The van der Waals surface area contributed by atoms with Gasteiger partial charge in [-0.05, 0) is 37.1 Å². The van der Waals surface area contributed by atoms with Crippen LogP contribution in [0.25, 0.3) is 0 Å². The molecule has 2 heterocycles. The maximum absolute atomic E-state index is 13.4. The minimum absolute atomic E-state index is 0.0594. The smallest absolute Gasteiger partial charge is 0.266 e. The molecule has 1 atom stereocenters. The molecule has 1 unspecified atom stereocenters. The predicted molar refractivity (Wildman–Crippen MR) is 109 cm³/mol. The Bertz CT molecular complexity index is 910. The number of carbonyl (C=O) groups is 1. The zero-order chi connectivity index (χ0) is 20.2. The Kier molecular flexibility index (Phi) is 5.64. The summed E-state index contributed by atoms with van der Waals surface area (Å²) in [7, 11) is 1.66. The molecule has 1 amide bonds. The summed E-state index contributed by atoms with van der Waals surface area (Å²) in [5.41, 5.74) is 2.22. The zero-order valence-electron chi connectivity index (χ0n) is 16.3. The van der Waals surface area contributed by atoms with Crippen LogP contribution in [-0.4, -0.2) is 48.9 Å². The maximum atomic E-state index is 13.4. The van der Waals surface area contributed by atoms with Gasteiger partial charge in [0, 0.05) is 31.1 Å². The van der Waals surface area contributed by atoms with Crippen LogP contribution in [0.4, 0.5) is 10.1 Å². The van der Waals surface area contributed by atoms with Gasteiger partial charge in [-0.25, -0.2) is 4.39 Å². The lowest BCUT2D eigenvalue weighted by atomic mass is 10.0. The first-order valence-corrected chi connectivity index (χ1v) is 9.81. The quantitative estimate of drug-likeness (QED) is 0.840. The Hall–Kier alpha value is -3.09. The second kappa shape index (κ2) is 8.51. The second-order valence-electron chi connectivity index (χ2n) is 7.29. The van der Waals surface area contributed by atoms with E-state index < -0.39 is 6.10 Å². The summed E-state index contributed by atoms with van der Waals surface area (Å²) in [6.45, 7) is 1.31. The van der Waals surface area contributed by atoms with E-state index in [-0.39, 0.29) is 17.8 Å². The van der Waals surface area contributed by atoms with Gasteiger partial charge < -0.3 is 19.8 Å². The monoisotopic (exact) mass is 397 g/mol. The molecule has 1 N–H and O–H groups in total. The van der Waals surface area contributed by atoms with E-state index in [0.29, 0.717) is 30.8 Å². The van der Waals surface area contributed by atoms with Crippen LogP contribution >= 0.6 is 0 Å². The van der Waals surface area contributed by atoms with E-state index in [2.05, 4.69) is 10.5 Å². The van der Waals surface area contributed by atoms with Crippen molar-refractivity contribution < 1.29 is 18.8 Å². The van der Waals surface area contributed by atoms with Gasteiger partial charge in [0.1, 0.15) is 11.6 Å². The topological polar surface area (TPSA) is 63.2 Å². The number of likely N-dealkylation sites (tertiary alicyclic amines) is 1. The number of ether oxygens (including phenoxy) is 1. The SMILES string of the molecule is COc1ccccc1NC1CCN(C(=O)C2CC(c3cccc(F)c3)=NO2)CC1. The number of hydrogen-bond acceptors (Lipinski definition) is 5. The van der Waals surface area contributed by atoms with Gasteiger partial charge in [0.15, 0.2) is 0 Å². The molecule has 2 aliphatic heterocycles. The molecule has 1 saturated heterocycles. The van der Waals surface area contributed by atoms with Crippen LogP contribution in [0.3, 0.4) is 0 Å². The number of anilines is 1. The van der Waals surface area contributed by atoms with Crippen LogP contribution in [0.1, 0.15) is 24.8 Å². The molecule has 0 spiro atoms. The molecule has 29 heavy (non-hydrogen) atoms. The molecule has 1 fully saturated rings. The number of nitrogens with zero attached hydrogens (tertiary/aromatic N) is 2. The van der Waals surface area contributed by atoms with Gasteiger partial charge in [-0.1, -0.05) is 29.4 Å². The van der Waals surface area contributed by atoms with Crippen LogP contribution in [0.5, 0.6) is 5.75 Å². The third-order valence-corrected chi connectivity index (χ3v) is 5.38. The molecular formula is C22H24FN3O3. The van der Waals surface area contributed by atoms with Crippen molar-refractivity contribution in [3.63, 3.8) is 0 Å². The van der Waals surface area contributed by atoms with Crippen LogP contribution in [0, 0.1) is 5.82 Å². The number of rotatable bonds is 5. The first-order valence-electron chi connectivity index (χ1n) is 9.81. The van der Waals surface area contributed by atoms with Crippen molar-refractivity contribution >= 4 is 17.3 Å². The van der Waals surface area contributed by atoms with E-state index in [0.717, 1.165) is 24.3 Å². The van der Waals surface area contributed by atoms with Gasteiger partial charge in [-0.15, -0.1) is 0 Å². The number of hydrogen-bond donors (Lipinski definition) is 1. The number of para-hydroxylation sites is 2. The molecule has 6 nitrogen and oxygen atoms in total. The van der Waals surface area contributed by atoms with Crippen molar-refractivity contribution in [3.8, 4) is 5.75 Å². The molecule has 0 aromatic heterocycles. The summed E-state index contributed by atoms with van der Waals surface area (Å²) in [5.74, 6) is 0.424. The number of piperidine rings is 1. The number of halogens is 1. The fourth-order valence-corrected chi connectivity index (χ4v) is 3.78. The Morgan fingerprint density at radius 1 is 1.21 bits per heavy atom. The number of methoxy groups -OCH3 is 1. The van der Waals surface area contributed by atoms with Gasteiger partial charge in [0.25, 0.3) is 5.91 Å². The average molecular weight is 397 g/mol. The summed E-state index contributed by atoms with van der Waals surface area (Å²) < 4.78 is 18.8. The van der Waals surface area contributed by atoms with Gasteiger partial charge >= 0.3 is 0 Å². The standard InChI is InChI=1S/C22H24FN3O3/c1-28-20-8-3-2-7-18(20)24-17-9-11-26(12-10-17)22(27)21-14-19(25-29-21)15-5-4-6-16(23)13-15/h2-8,13,17,21,24H,9-12,14H2,1H3. The lowest BCUT2D eigenvalue weighted by Gasteiger charge is -2.34. The van der Waals surface area contributed by atoms with Crippen molar-refractivity contribution in [1.82, 2.24) is 4.90 Å². The van der Waals surface area contributed by atoms with E-state index in [9.17, 15) is 9.18 Å². The highest BCUT2D eigenvalue weighted by atomic mass is 19.1. The summed E-state index contributed by atoms with van der Waals surface area (Å²) in [5, 5.41) is 7.52. The Morgan fingerprint density at radius 2 is 2.00 bits per heavy atom. The van der Waals surface area contributed by atoms with E-state index in [1.165, 1.54) is 12.1 Å². The van der Waals surface area contributed by atoms with Gasteiger partial charge in [0.2, 0.25) is 6.10 Å². The van der Waals surface area contributed by atoms with Crippen molar-refractivity contribution in [2.24, 2.45) is 5.16 Å². The largest absolute Gasteiger partial charge is 0.495 e. The summed E-state index contributed by atoms with van der Waals surface area (Å²) in [6.07, 6.45) is 1.41. The van der Waals surface area contributed by atoms with Gasteiger partial charge in [-0.3, -0.25) is 4.79 Å². The number of amides is 1. The van der Waals surface area contributed by atoms with Gasteiger partial charge in [-0.2, -0.15) is 0 Å². The van der Waals surface area contributed by atoms with Crippen LogP contribution in [0.15, 0.2) is 53.7 Å². The predicted octanol–water partition coefficient (Wildman–Crippen LogP) is 3.43. The third kappa shape index (κ3) is 4.34. The van der Waals surface area contributed by atoms with Crippen LogP contribution in [0.2, 0.25) is 0 Å². The van der Waals surface area contributed by atoms with E-state index >= 15 is 0 Å². The van der Waals surface area contributed by atoms with E-state index in [1.54, 1.807) is 19.2 Å². The third-order valence-electron chi connectivity index (χ3n) is 5.38. The first kappa shape index (κ1) is 19.2.